The first-order valence-corrected chi connectivity index (χ1v) is 5.31. The average Bonchev–Trinajstić information content (AvgIpc) is 2.19. The predicted molar refractivity (Wildman–Crippen MR) is 55.7 cm³/mol. The van der Waals surface area contributed by atoms with Crippen LogP contribution in [0.1, 0.15) is 33.6 Å². The summed E-state index contributed by atoms with van der Waals surface area (Å²) in [6, 6.07) is 2.22. The van der Waals surface area contributed by atoms with Crippen molar-refractivity contribution in [1.82, 2.24) is 4.90 Å². The van der Waals surface area contributed by atoms with Gasteiger partial charge in [-0.2, -0.15) is 5.26 Å². The van der Waals surface area contributed by atoms with Crippen molar-refractivity contribution in [2.45, 2.75) is 39.2 Å². The maximum Gasteiger partial charge on any atom is 0.0852 e. The Hall–Kier alpha value is -0.590. The van der Waals surface area contributed by atoms with Crippen LogP contribution in [0.25, 0.3) is 0 Å². The summed E-state index contributed by atoms with van der Waals surface area (Å²) in [5.74, 6) is 0. The predicted octanol–water partition coefficient (Wildman–Crippen LogP) is 1.38. The Labute approximate surface area is 86.3 Å². The third-order valence-electron chi connectivity index (χ3n) is 3.57. The van der Waals surface area contributed by atoms with E-state index < -0.39 is 11.0 Å². The largest absolute Gasteiger partial charge is 0.388 e. The summed E-state index contributed by atoms with van der Waals surface area (Å²) in [4.78, 5) is 2.31. The Morgan fingerprint density at radius 2 is 1.93 bits per heavy atom. The molecule has 1 rings (SSSR count). The van der Waals surface area contributed by atoms with Gasteiger partial charge in [-0.3, -0.25) is 0 Å². The third-order valence-corrected chi connectivity index (χ3v) is 3.57. The summed E-state index contributed by atoms with van der Waals surface area (Å²) in [5.41, 5.74) is -1.43. The van der Waals surface area contributed by atoms with Crippen LogP contribution in [0.5, 0.6) is 0 Å². The molecule has 0 atom stereocenters. The van der Waals surface area contributed by atoms with Gasteiger partial charge in [0.05, 0.1) is 17.1 Å². The maximum atomic E-state index is 10.4. The minimum atomic E-state index is -0.798. The van der Waals surface area contributed by atoms with Gasteiger partial charge in [0.1, 0.15) is 0 Å². The Balaban J connectivity index is 2.67. The van der Waals surface area contributed by atoms with E-state index >= 15 is 0 Å². The van der Waals surface area contributed by atoms with E-state index in [-0.39, 0.29) is 0 Å². The van der Waals surface area contributed by atoms with Gasteiger partial charge < -0.3 is 10.0 Å². The molecular weight excluding hydrogens is 176 g/mol. The van der Waals surface area contributed by atoms with Gasteiger partial charge in [0.25, 0.3) is 0 Å². The lowest BCUT2D eigenvalue weighted by molar-refractivity contribution is -0.0827. The summed E-state index contributed by atoms with van der Waals surface area (Å²) < 4.78 is 0. The molecule has 0 aliphatic carbocycles. The highest BCUT2D eigenvalue weighted by Crippen LogP contribution is 2.38. The van der Waals surface area contributed by atoms with E-state index in [1.807, 2.05) is 13.8 Å². The van der Waals surface area contributed by atoms with Gasteiger partial charge in [0, 0.05) is 13.1 Å². The smallest absolute Gasteiger partial charge is 0.0852 e. The third kappa shape index (κ3) is 1.92. The quantitative estimate of drug-likeness (QED) is 0.726. The molecule has 0 aromatic rings. The first-order chi connectivity index (χ1) is 6.45. The van der Waals surface area contributed by atoms with E-state index in [1.165, 1.54) is 0 Å². The molecule has 0 bridgehead atoms. The van der Waals surface area contributed by atoms with Crippen LogP contribution in [0, 0.1) is 16.7 Å². The van der Waals surface area contributed by atoms with Gasteiger partial charge in [-0.25, -0.2) is 0 Å². The number of hydrogen-bond donors (Lipinski definition) is 1. The van der Waals surface area contributed by atoms with Crippen molar-refractivity contribution in [1.29, 1.82) is 5.26 Å². The van der Waals surface area contributed by atoms with Crippen molar-refractivity contribution >= 4 is 0 Å². The molecule has 3 nitrogen and oxygen atoms in total. The van der Waals surface area contributed by atoms with Crippen LogP contribution in [0.15, 0.2) is 0 Å². The van der Waals surface area contributed by atoms with E-state index in [0.29, 0.717) is 12.8 Å². The van der Waals surface area contributed by atoms with E-state index in [2.05, 4.69) is 17.9 Å². The molecular formula is C11H20N2O. The molecule has 80 valence electrons. The van der Waals surface area contributed by atoms with Crippen LogP contribution in [0.3, 0.4) is 0 Å². The molecule has 1 aliphatic rings. The molecule has 3 heteroatoms. The maximum absolute atomic E-state index is 10.4. The Morgan fingerprint density at radius 3 is 2.29 bits per heavy atom. The molecule has 0 spiro atoms. The zero-order chi connectivity index (χ0) is 10.8. The van der Waals surface area contributed by atoms with Gasteiger partial charge in [-0.05, 0) is 33.2 Å². The highest BCUT2D eigenvalue weighted by atomic mass is 16.3. The van der Waals surface area contributed by atoms with Crippen molar-refractivity contribution in [2.24, 2.45) is 5.41 Å². The lowest BCUT2D eigenvalue weighted by Crippen LogP contribution is -2.52. The fourth-order valence-corrected chi connectivity index (χ4v) is 1.97. The van der Waals surface area contributed by atoms with Gasteiger partial charge in [0.15, 0.2) is 0 Å². The van der Waals surface area contributed by atoms with E-state index in [4.69, 9.17) is 5.26 Å². The minimum Gasteiger partial charge on any atom is -0.388 e. The van der Waals surface area contributed by atoms with Crippen LogP contribution in [-0.4, -0.2) is 35.2 Å². The monoisotopic (exact) mass is 196 g/mol. The van der Waals surface area contributed by atoms with E-state index in [9.17, 15) is 5.11 Å². The van der Waals surface area contributed by atoms with Crippen LogP contribution in [0.4, 0.5) is 0 Å². The van der Waals surface area contributed by atoms with Gasteiger partial charge in [-0.1, -0.05) is 6.92 Å². The molecule has 0 unspecified atom stereocenters. The summed E-state index contributed by atoms with van der Waals surface area (Å²) >= 11 is 0. The number of piperidine rings is 1. The summed E-state index contributed by atoms with van der Waals surface area (Å²) in [7, 11) is 0. The Morgan fingerprint density at radius 1 is 1.43 bits per heavy atom. The number of nitriles is 1. The summed E-state index contributed by atoms with van der Waals surface area (Å²) in [5, 5.41) is 19.4. The topological polar surface area (TPSA) is 47.3 Å². The molecule has 1 aliphatic heterocycles. The second-order valence-electron chi connectivity index (χ2n) is 4.70. The first-order valence-electron chi connectivity index (χ1n) is 5.31. The van der Waals surface area contributed by atoms with Crippen molar-refractivity contribution in [2.75, 3.05) is 19.6 Å². The molecule has 1 heterocycles. The van der Waals surface area contributed by atoms with Crippen LogP contribution in [-0.2, 0) is 0 Å². The van der Waals surface area contributed by atoms with Gasteiger partial charge in [0.2, 0.25) is 0 Å². The zero-order valence-electron chi connectivity index (χ0n) is 9.38. The fraction of sp³-hybridized carbons (Fsp3) is 0.909. The second-order valence-corrected chi connectivity index (χ2v) is 4.70. The van der Waals surface area contributed by atoms with Gasteiger partial charge >= 0.3 is 0 Å². The molecule has 1 fully saturated rings. The average molecular weight is 196 g/mol. The van der Waals surface area contributed by atoms with Crippen molar-refractivity contribution in [3.05, 3.63) is 0 Å². The Bertz CT molecular complexity index is 234. The molecule has 0 aromatic heterocycles. The highest BCUT2D eigenvalue weighted by molar-refractivity contribution is 5.08. The van der Waals surface area contributed by atoms with Crippen LogP contribution in [0.2, 0.25) is 0 Å². The number of likely N-dealkylation sites (tertiary alicyclic amines) is 1. The van der Waals surface area contributed by atoms with Crippen molar-refractivity contribution in [3.8, 4) is 6.07 Å². The SMILES string of the molecule is CCN1CCC(O)(C(C)(C)C#N)CC1. The molecule has 1 N–H and O–H groups in total. The summed E-state index contributed by atoms with van der Waals surface area (Å²) in [6.07, 6.45) is 1.42. The minimum absolute atomic E-state index is 0.632. The molecule has 0 amide bonds. The van der Waals surface area contributed by atoms with Gasteiger partial charge in [-0.15, -0.1) is 0 Å². The lowest BCUT2D eigenvalue weighted by atomic mass is 9.70. The number of rotatable bonds is 2. The normalized spacial score (nSPS) is 23.1. The number of nitrogens with zero attached hydrogens (tertiary/aromatic N) is 2. The Kier molecular flexibility index (Phi) is 3.18. The molecule has 14 heavy (non-hydrogen) atoms. The standard InChI is InChI=1S/C11H20N2O/c1-4-13-7-5-11(14,6-8-13)10(2,3)9-12/h14H,4-8H2,1-3H3. The second kappa shape index (κ2) is 3.88. The first kappa shape index (κ1) is 11.5. The zero-order valence-corrected chi connectivity index (χ0v) is 9.38. The molecule has 1 saturated heterocycles. The summed E-state index contributed by atoms with van der Waals surface area (Å²) in [6.45, 7) is 8.61. The van der Waals surface area contributed by atoms with Crippen LogP contribution >= 0.6 is 0 Å². The number of hydrogen-bond acceptors (Lipinski definition) is 3. The van der Waals surface area contributed by atoms with E-state index in [1.54, 1.807) is 0 Å². The highest BCUT2D eigenvalue weighted by Gasteiger charge is 2.45. The number of aliphatic hydroxyl groups is 1. The van der Waals surface area contributed by atoms with Crippen molar-refractivity contribution < 1.29 is 5.11 Å². The fourth-order valence-electron chi connectivity index (χ4n) is 1.97. The molecule has 0 radical (unpaired) electrons. The van der Waals surface area contributed by atoms with E-state index in [0.717, 1.165) is 19.6 Å². The van der Waals surface area contributed by atoms with Crippen LogP contribution < -0.4 is 0 Å². The van der Waals surface area contributed by atoms with Crippen molar-refractivity contribution in [3.63, 3.8) is 0 Å². The molecule has 0 aromatic carbocycles. The lowest BCUT2D eigenvalue weighted by Gasteiger charge is -2.44. The molecule has 0 saturated carbocycles.